The fourth-order valence-corrected chi connectivity index (χ4v) is 2.34. The van der Waals surface area contributed by atoms with Crippen LogP contribution in [0.15, 0.2) is 12.3 Å². The van der Waals surface area contributed by atoms with Crippen molar-refractivity contribution in [3.8, 4) is 0 Å². The molecule has 100 valence electrons. The Balaban J connectivity index is 2.13. The summed E-state index contributed by atoms with van der Waals surface area (Å²) in [6.07, 6.45) is 4.04. The number of nitrogens with one attached hydrogen (secondary N) is 1. The van der Waals surface area contributed by atoms with Crippen molar-refractivity contribution in [3.05, 3.63) is 12.3 Å². The average Bonchev–Trinajstić information content (AvgIpc) is 2.40. The first kappa shape index (κ1) is 13.1. The first-order chi connectivity index (χ1) is 8.67. The molecule has 1 saturated heterocycles. The zero-order valence-electron chi connectivity index (χ0n) is 11.4. The highest BCUT2D eigenvalue weighted by Crippen LogP contribution is 2.27. The smallest absolute Gasteiger partial charge is 0.224 e. The highest BCUT2D eigenvalue weighted by atomic mass is 16.5. The Morgan fingerprint density at radius 2 is 2.39 bits per heavy atom. The van der Waals surface area contributed by atoms with Gasteiger partial charge >= 0.3 is 0 Å². The van der Waals surface area contributed by atoms with E-state index in [1.54, 1.807) is 13.3 Å². The molecule has 1 aliphatic rings. The molecule has 0 aromatic carbocycles. The molecule has 0 radical (unpaired) electrons. The van der Waals surface area contributed by atoms with Gasteiger partial charge in [0.1, 0.15) is 5.82 Å². The van der Waals surface area contributed by atoms with Crippen molar-refractivity contribution >= 4 is 11.8 Å². The summed E-state index contributed by atoms with van der Waals surface area (Å²) in [6, 6.07) is 1.96. The Morgan fingerprint density at radius 1 is 1.56 bits per heavy atom. The van der Waals surface area contributed by atoms with E-state index in [0.717, 1.165) is 38.3 Å². The molecule has 1 aromatic rings. The van der Waals surface area contributed by atoms with Crippen LogP contribution in [0.2, 0.25) is 0 Å². The molecule has 1 N–H and O–H groups in total. The van der Waals surface area contributed by atoms with Gasteiger partial charge in [-0.15, -0.1) is 0 Å². The third-order valence-corrected chi connectivity index (χ3v) is 3.45. The Bertz CT molecular complexity index is 398. The van der Waals surface area contributed by atoms with E-state index in [1.165, 1.54) is 0 Å². The largest absolute Gasteiger partial charge is 0.377 e. The van der Waals surface area contributed by atoms with Crippen LogP contribution in [0.25, 0.3) is 0 Å². The monoisotopic (exact) mass is 250 g/mol. The van der Waals surface area contributed by atoms with Crippen LogP contribution in [-0.4, -0.2) is 42.3 Å². The van der Waals surface area contributed by atoms with E-state index >= 15 is 0 Å². The molecule has 1 atom stereocenters. The Morgan fingerprint density at radius 3 is 3.11 bits per heavy atom. The van der Waals surface area contributed by atoms with Crippen LogP contribution in [0.3, 0.4) is 0 Å². The van der Waals surface area contributed by atoms with Gasteiger partial charge in [-0.3, -0.25) is 0 Å². The second kappa shape index (κ2) is 5.52. The lowest BCUT2D eigenvalue weighted by molar-refractivity contribution is -0.00481. The molecule has 1 fully saturated rings. The predicted molar refractivity (Wildman–Crippen MR) is 73.1 cm³/mol. The molecule has 5 nitrogen and oxygen atoms in total. The maximum atomic E-state index is 5.61. The highest BCUT2D eigenvalue weighted by molar-refractivity contribution is 5.43. The lowest BCUT2D eigenvalue weighted by atomic mass is 9.95. The van der Waals surface area contributed by atoms with Crippen molar-refractivity contribution in [2.24, 2.45) is 0 Å². The number of aromatic nitrogens is 2. The normalized spacial score (nSPS) is 24.1. The lowest BCUT2D eigenvalue weighted by Crippen LogP contribution is -2.47. The van der Waals surface area contributed by atoms with Gasteiger partial charge in [0.25, 0.3) is 0 Å². The van der Waals surface area contributed by atoms with Gasteiger partial charge in [-0.1, -0.05) is 0 Å². The van der Waals surface area contributed by atoms with Crippen LogP contribution in [-0.2, 0) is 4.74 Å². The molecule has 1 aromatic heterocycles. The quantitative estimate of drug-likeness (QED) is 0.884. The zero-order chi connectivity index (χ0) is 13.0. The van der Waals surface area contributed by atoms with E-state index in [0.29, 0.717) is 5.95 Å². The molecule has 0 saturated carbocycles. The number of ether oxygens (including phenoxy) is 1. The van der Waals surface area contributed by atoms with Gasteiger partial charge in [0, 0.05) is 32.9 Å². The number of methoxy groups -OCH3 is 1. The predicted octanol–water partition coefficient (Wildman–Crippen LogP) is 1.91. The standard InChI is InChI=1S/C13H22N4O/c1-4-14-12-15-8-6-11(16-12)17-9-5-7-13(2,10-17)18-3/h6,8H,4-5,7,9-10H2,1-3H3,(H,14,15,16). The van der Waals surface area contributed by atoms with E-state index < -0.39 is 0 Å². The van der Waals surface area contributed by atoms with Crippen LogP contribution < -0.4 is 10.2 Å². The van der Waals surface area contributed by atoms with E-state index in [1.807, 2.05) is 13.0 Å². The number of rotatable bonds is 4. The summed E-state index contributed by atoms with van der Waals surface area (Å²) in [5, 5.41) is 3.14. The van der Waals surface area contributed by atoms with Crippen LogP contribution >= 0.6 is 0 Å². The number of anilines is 2. The molecule has 0 aliphatic carbocycles. The van der Waals surface area contributed by atoms with Crippen molar-refractivity contribution in [1.82, 2.24) is 9.97 Å². The number of hydrogen-bond acceptors (Lipinski definition) is 5. The Hall–Kier alpha value is -1.36. The highest BCUT2D eigenvalue weighted by Gasteiger charge is 2.31. The summed E-state index contributed by atoms with van der Waals surface area (Å²) in [5.74, 6) is 1.67. The molecule has 2 heterocycles. The van der Waals surface area contributed by atoms with Crippen LogP contribution in [0, 0.1) is 0 Å². The minimum atomic E-state index is -0.0679. The lowest BCUT2D eigenvalue weighted by Gasteiger charge is -2.40. The molecule has 1 aliphatic heterocycles. The van der Waals surface area contributed by atoms with Gasteiger partial charge in [-0.05, 0) is 32.8 Å². The topological polar surface area (TPSA) is 50.3 Å². The summed E-state index contributed by atoms with van der Waals surface area (Å²) in [4.78, 5) is 11.0. The molecule has 0 amide bonds. The van der Waals surface area contributed by atoms with Crippen molar-refractivity contribution in [2.75, 3.05) is 37.0 Å². The molecule has 2 rings (SSSR count). The second-order valence-electron chi connectivity index (χ2n) is 4.95. The van der Waals surface area contributed by atoms with E-state index in [2.05, 4.69) is 27.1 Å². The van der Waals surface area contributed by atoms with Crippen LogP contribution in [0.5, 0.6) is 0 Å². The van der Waals surface area contributed by atoms with Crippen LogP contribution in [0.1, 0.15) is 26.7 Å². The molecular formula is C13H22N4O. The third-order valence-electron chi connectivity index (χ3n) is 3.45. The van der Waals surface area contributed by atoms with Gasteiger partial charge in [0.15, 0.2) is 0 Å². The third kappa shape index (κ3) is 2.90. The number of hydrogen-bond donors (Lipinski definition) is 1. The summed E-state index contributed by atoms with van der Waals surface area (Å²) >= 11 is 0. The fraction of sp³-hybridized carbons (Fsp3) is 0.692. The van der Waals surface area contributed by atoms with Crippen LogP contribution in [0.4, 0.5) is 11.8 Å². The Kier molecular flexibility index (Phi) is 4.01. The van der Waals surface area contributed by atoms with Crippen molar-refractivity contribution in [2.45, 2.75) is 32.3 Å². The zero-order valence-corrected chi connectivity index (χ0v) is 11.4. The van der Waals surface area contributed by atoms with Gasteiger partial charge in [0.05, 0.1) is 5.60 Å². The Labute approximate surface area is 109 Å². The number of nitrogens with zero attached hydrogens (tertiary/aromatic N) is 3. The van der Waals surface area contributed by atoms with Gasteiger partial charge < -0.3 is 15.0 Å². The second-order valence-corrected chi connectivity index (χ2v) is 4.95. The van der Waals surface area contributed by atoms with Gasteiger partial charge in [0.2, 0.25) is 5.95 Å². The SMILES string of the molecule is CCNc1nccc(N2CCCC(C)(OC)C2)n1. The molecule has 1 unspecified atom stereocenters. The summed E-state index contributed by atoms with van der Waals surface area (Å²) < 4.78 is 5.61. The van der Waals surface area contributed by atoms with E-state index in [-0.39, 0.29) is 5.60 Å². The first-order valence-corrected chi connectivity index (χ1v) is 6.54. The van der Waals surface area contributed by atoms with Gasteiger partial charge in [-0.2, -0.15) is 4.98 Å². The summed E-state index contributed by atoms with van der Waals surface area (Å²) in [5.41, 5.74) is -0.0679. The van der Waals surface area contributed by atoms with Crippen molar-refractivity contribution in [1.29, 1.82) is 0 Å². The minimum absolute atomic E-state index is 0.0679. The molecular weight excluding hydrogens is 228 g/mol. The molecule has 0 spiro atoms. The molecule has 0 bridgehead atoms. The number of piperidine rings is 1. The first-order valence-electron chi connectivity index (χ1n) is 6.54. The molecule has 5 heteroatoms. The maximum absolute atomic E-state index is 5.61. The van der Waals surface area contributed by atoms with Crippen molar-refractivity contribution < 1.29 is 4.74 Å². The summed E-state index contributed by atoms with van der Waals surface area (Å²) in [6.45, 7) is 6.94. The minimum Gasteiger partial charge on any atom is -0.377 e. The average molecular weight is 250 g/mol. The van der Waals surface area contributed by atoms with E-state index in [4.69, 9.17) is 4.74 Å². The molecule has 18 heavy (non-hydrogen) atoms. The van der Waals surface area contributed by atoms with Gasteiger partial charge in [-0.25, -0.2) is 4.98 Å². The van der Waals surface area contributed by atoms with E-state index in [9.17, 15) is 0 Å². The maximum Gasteiger partial charge on any atom is 0.224 e. The summed E-state index contributed by atoms with van der Waals surface area (Å²) in [7, 11) is 1.79. The fourth-order valence-electron chi connectivity index (χ4n) is 2.34. The van der Waals surface area contributed by atoms with Crippen molar-refractivity contribution in [3.63, 3.8) is 0 Å².